The summed E-state index contributed by atoms with van der Waals surface area (Å²) in [6, 6.07) is 2.47. The Morgan fingerprint density at radius 1 is 1.18 bits per heavy atom. The van der Waals surface area contributed by atoms with Crippen LogP contribution >= 0.6 is 24.0 Å². The first-order chi connectivity index (χ1) is 13.2. The van der Waals surface area contributed by atoms with Gasteiger partial charge in [-0.1, -0.05) is 38.8 Å². The summed E-state index contributed by atoms with van der Waals surface area (Å²) in [5.41, 5.74) is 0.972. The number of aromatic nitrogens is 1. The molecular weight excluding hydrogens is 469 g/mol. The first-order valence-corrected chi connectivity index (χ1v) is 10.5. The second kappa shape index (κ2) is 14.2. The number of halogens is 1. The van der Waals surface area contributed by atoms with Crippen LogP contribution in [0.4, 0.5) is 0 Å². The molecule has 28 heavy (non-hydrogen) atoms. The van der Waals surface area contributed by atoms with Gasteiger partial charge in [0, 0.05) is 38.3 Å². The molecule has 1 aromatic rings. The number of nitrogens with one attached hydrogen (secondary N) is 2. The van der Waals surface area contributed by atoms with Crippen LogP contribution in [0, 0.1) is 5.92 Å². The minimum Gasteiger partial charge on any atom is -0.379 e. The third kappa shape index (κ3) is 7.87. The zero-order valence-corrected chi connectivity index (χ0v) is 20.2. The molecule has 0 amide bonds. The van der Waals surface area contributed by atoms with E-state index in [-0.39, 0.29) is 24.0 Å². The lowest BCUT2D eigenvalue weighted by atomic mass is 9.92. The highest BCUT2D eigenvalue weighted by Crippen LogP contribution is 2.19. The molecule has 162 valence electrons. The van der Waals surface area contributed by atoms with E-state index in [1.165, 1.54) is 12.8 Å². The topological polar surface area (TPSA) is 74.9 Å². The van der Waals surface area contributed by atoms with Crippen molar-refractivity contribution < 1.29 is 9.26 Å². The molecule has 8 heteroatoms. The van der Waals surface area contributed by atoms with E-state index in [1.807, 2.05) is 6.07 Å². The van der Waals surface area contributed by atoms with Gasteiger partial charge in [-0.05, 0) is 19.3 Å². The van der Waals surface area contributed by atoms with Gasteiger partial charge in [-0.2, -0.15) is 0 Å². The standard InChI is InChI=1S/C20H37N5O2.HI/c1-5-16(6-2)19(25-9-11-26-12-10-25)15-23-20(21-8-4)22-14-18-13-17(7-3)24-27-18;/h13,16,19H,5-12,14-15H2,1-4H3,(H2,21,22,23);1H. The highest BCUT2D eigenvalue weighted by Gasteiger charge is 2.27. The van der Waals surface area contributed by atoms with Crippen molar-refractivity contribution in [2.45, 2.75) is 59.5 Å². The smallest absolute Gasteiger partial charge is 0.191 e. The van der Waals surface area contributed by atoms with E-state index in [9.17, 15) is 0 Å². The lowest BCUT2D eigenvalue weighted by molar-refractivity contribution is 0.00272. The van der Waals surface area contributed by atoms with E-state index >= 15 is 0 Å². The number of aliphatic imine (C=N–C) groups is 1. The maximum Gasteiger partial charge on any atom is 0.191 e. The molecule has 2 rings (SSSR count). The van der Waals surface area contributed by atoms with Crippen LogP contribution in [0.3, 0.4) is 0 Å². The molecule has 1 fully saturated rings. The molecule has 0 aliphatic carbocycles. The molecule has 0 spiro atoms. The van der Waals surface area contributed by atoms with Gasteiger partial charge in [-0.25, -0.2) is 4.99 Å². The number of ether oxygens (including phenoxy) is 1. The molecule has 1 aliphatic heterocycles. The van der Waals surface area contributed by atoms with Gasteiger partial charge in [0.05, 0.1) is 18.9 Å². The summed E-state index contributed by atoms with van der Waals surface area (Å²) in [5.74, 6) is 2.30. The van der Waals surface area contributed by atoms with Crippen LogP contribution in [0.25, 0.3) is 0 Å². The predicted octanol–water partition coefficient (Wildman–Crippen LogP) is 3.05. The molecule has 0 saturated carbocycles. The summed E-state index contributed by atoms with van der Waals surface area (Å²) in [6.45, 7) is 14.6. The Morgan fingerprint density at radius 3 is 2.46 bits per heavy atom. The first-order valence-electron chi connectivity index (χ1n) is 10.5. The summed E-state index contributed by atoms with van der Waals surface area (Å²) in [7, 11) is 0. The number of aryl methyl sites for hydroxylation is 1. The molecule has 1 aliphatic rings. The third-order valence-electron chi connectivity index (χ3n) is 5.29. The van der Waals surface area contributed by atoms with Crippen LogP contribution in [0.1, 0.15) is 52.0 Å². The van der Waals surface area contributed by atoms with Crippen molar-refractivity contribution in [1.82, 2.24) is 20.7 Å². The fraction of sp³-hybridized carbons (Fsp3) is 0.800. The average molecular weight is 507 g/mol. The number of hydrogen-bond donors (Lipinski definition) is 2. The third-order valence-corrected chi connectivity index (χ3v) is 5.29. The van der Waals surface area contributed by atoms with Crippen molar-refractivity contribution in [3.8, 4) is 0 Å². The number of morpholine rings is 1. The van der Waals surface area contributed by atoms with Gasteiger partial charge < -0.3 is 19.9 Å². The Bertz CT molecular complexity index is 557. The van der Waals surface area contributed by atoms with Crippen LogP contribution in [0.2, 0.25) is 0 Å². The van der Waals surface area contributed by atoms with Gasteiger partial charge >= 0.3 is 0 Å². The van der Waals surface area contributed by atoms with Crippen LogP contribution in [0.5, 0.6) is 0 Å². The Kier molecular flexibility index (Phi) is 12.7. The molecule has 2 heterocycles. The molecule has 7 nitrogen and oxygen atoms in total. The number of nitrogens with zero attached hydrogens (tertiary/aromatic N) is 3. The van der Waals surface area contributed by atoms with E-state index < -0.39 is 0 Å². The number of guanidine groups is 1. The maximum atomic E-state index is 5.55. The lowest BCUT2D eigenvalue weighted by Crippen LogP contribution is -2.53. The Balaban J connectivity index is 0.00000392. The monoisotopic (exact) mass is 507 g/mol. The predicted molar refractivity (Wildman–Crippen MR) is 124 cm³/mol. The van der Waals surface area contributed by atoms with Crippen molar-refractivity contribution in [3.05, 3.63) is 17.5 Å². The van der Waals surface area contributed by atoms with Gasteiger partial charge in [0.1, 0.15) is 6.54 Å². The Morgan fingerprint density at radius 2 is 1.89 bits per heavy atom. The second-order valence-corrected chi connectivity index (χ2v) is 7.01. The highest BCUT2D eigenvalue weighted by molar-refractivity contribution is 14.0. The molecule has 0 radical (unpaired) electrons. The molecule has 2 N–H and O–H groups in total. The lowest BCUT2D eigenvalue weighted by Gasteiger charge is -2.39. The zero-order chi connectivity index (χ0) is 19.5. The molecule has 1 aromatic heterocycles. The second-order valence-electron chi connectivity index (χ2n) is 7.01. The molecular formula is C20H38IN5O2. The molecule has 1 saturated heterocycles. The first kappa shape index (κ1) is 25.2. The van der Waals surface area contributed by atoms with Gasteiger partial charge in [-0.3, -0.25) is 4.90 Å². The van der Waals surface area contributed by atoms with Crippen molar-refractivity contribution in [2.75, 3.05) is 39.4 Å². The number of hydrogen-bond acceptors (Lipinski definition) is 5. The zero-order valence-electron chi connectivity index (χ0n) is 17.9. The minimum atomic E-state index is 0. The van der Waals surface area contributed by atoms with Crippen LogP contribution in [-0.4, -0.2) is 61.5 Å². The Labute approximate surface area is 187 Å². The Hall–Kier alpha value is -0.870. The number of rotatable bonds is 10. The van der Waals surface area contributed by atoms with Crippen LogP contribution in [0.15, 0.2) is 15.6 Å². The van der Waals surface area contributed by atoms with E-state index in [1.54, 1.807) is 0 Å². The molecule has 1 unspecified atom stereocenters. The van der Waals surface area contributed by atoms with Crippen molar-refractivity contribution in [1.29, 1.82) is 0 Å². The average Bonchev–Trinajstić information content (AvgIpc) is 3.18. The van der Waals surface area contributed by atoms with Gasteiger partial charge in [0.15, 0.2) is 11.7 Å². The highest BCUT2D eigenvalue weighted by atomic mass is 127. The fourth-order valence-corrected chi connectivity index (χ4v) is 3.63. The van der Waals surface area contributed by atoms with E-state index in [2.05, 4.69) is 53.4 Å². The normalized spacial score (nSPS) is 16.7. The molecule has 1 atom stereocenters. The fourth-order valence-electron chi connectivity index (χ4n) is 3.63. The SMILES string of the molecule is CCNC(=NCc1cc(CC)no1)NCC(C(CC)CC)N1CCOCC1.I. The largest absolute Gasteiger partial charge is 0.379 e. The van der Waals surface area contributed by atoms with E-state index in [0.29, 0.717) is 18.5 Å². The summed E-state index contributed by atoms with van der Waals surface area (Å²) in [5, 5.41) is 10.9. The van der Waals surface area contributed by atoms with Crippen LogP contribution in [-0.2, 0) is 17.7 Å². The summed E-state index contributed by atoms with van der Waals surface area (Å²) in [4.78, 5) is 7.25. The van der Waals surface area contributed by atoms with E-state index in [4.69, 9.17) is 9.26 Å². The summed E-state index contributed by atoms with van der Waals surface area (Å²) in [6.07, 6.45) is 3.25. The van der Waals surface area contributed by atoms with Crippen molar-refractivity contribution in [2.24, 2.45) is 10.9 Å². The summed E-state index contributed by atoms with van der Waals surface area (Å²) >= 11 is 0. The van der Waals surface area contributed by atoms with Gasteiger partial charge in [0.2, 0.25) is 0 Å². The quantitative estimate of drug-likeness (QED) is 0.288. The maximum absolute atomic E-state index is 5.55. The van der Waals surface area contributed by atoms with E-state index in [0.717, 1.165) is 63.2 Å². The van der Waals surface area contributed by atoms with Crippen molar-refractivity contribution in [3.63, 3.8) is 0 Å². The van der Waals surface area contributed by atoms with Crippen molar-refractivity contribution >= 4 is 29.9 Å². The minimum absolute atomic E-state index is 0. The van der Waals surface area contributed by atoms with Gasteiger partial charge in [-0.15, -0.1) is 24.0 Å². The molecule has 0 bridgehead atoms. The molecule has 0 aromatic carbocycles. The van der Waals surface area contributed by atoms with Crippen LogP contribution < -0.4 is 10.6 Å². The summed E-state index contributed by atoms with van der Waals surface area (Å²) < 4.78 is 10.9. The van der Waals surface area contributed by atoms with Gasteiger partial charge in [0.25, 0.3) is 0 Å².